The maximum Gasteiger partial charge on any atom is 0.237 e. The van der Waals surface area contributed by atoms with Gasteiger partial charge in [0.25, 0.3) is 0 Å². The molecule has 116 valence electrons. The van der Waals surface area contributed by atoms with Crippen molar-refractivity contribution in [3.63, 3.8) is 0 Å². The average molecular weight is 307 g/mol. The Hall–Kier alpha value is -2.17. The molecule has 1 aromatic carbocycles. The molecular weight excluding hydrogens is 290 g/mol. The molecule has 4 aliphatic carbocycles. The highest BCUT2D eigenvalue weighted by molar-refractivity contribution is 6.22. The van der Waals surface area contributed by atoms with Crippen LogP contribution in [0.5, 0.6) is 0 Å². The molecule has 1 aromatic heterocycles. The number of aromatic nitrogens is 2. The van der Waals surface area contributed by atoms with Gasteiger partial charge in [-0.1, -0.05) is 0 Å². The van der Waals surface area contributed by atoms with Crippen molar-refractivity contribution < 1.29 is 9.59 Å². The predicted octanol–water partition coefficient (Wildman–Crippen LogP) is 2.34. The summed E-state index contributed by atoms with van der Waals surface area (Å²) < 4.78 is 0. The molecule has 1 aliphatic heterocycles. The Kier molecular flexibility index (Phi) is 2.05. The molecule has 0 radical (unpaired) electrons. The fourth-order valence-electron chi connectivity index (χ4n) is 5.86. The summed E-state index contributed by atoms with van der Waals surface area (Å²) in [5, 5.41) is 7.86. The highest BCUT2D eigenvalue weighted by Gasteiger charge is 2.68. The Balaban J connectivity index is 1.46. The number of carbonyl (C=O) groups excluding carboxylic acids is 2. The largest absolute Gasteiger partial charge is 0.278 e. The molecule has 5 aliphatic rings. The van der Waals surface area contributed by atoms with E-state index in [2.05, 4.69) is 10.2 Å². The molecule has 2 amide bonds. The van der Waals surface area contributed by atoms with Crippen molar-refractivity contribution in [1.29, 1.82) is 0 Å². The molecule has 5 heteroatoms. The van der Waals surface area contributed by atoms with Crippen LogP contribution in [0.2, 0.25) is 0 Å². The molecule has 6 atom stereocenters. The van der Waals surface area contributed by atoms with E-state index in [0.29, 0.717) is 17.5 Å². The van der Waals surface area contributed by atoms with E-state index in [1.54, 1.807) is 6.20 Å². The predicted molar refractivity (Wildman–Crippen MR) is 83.4 cm³/mol. The molecule has 4 saturated carbocycles. The number of carbonyl (C=O) groups is 2. The standard InChI is InChI=1S/C18H17N3O2/c22-17-15-10-2-3-11(13-6-12(10)13)16(15)18(23)21(17)9-1-4-14-8(5-9)7-19-20-14/h1,4-5,7,10-13,15-16H,2-3,6H2,(H,19,20). The summed E-state index contributed by atoms with van der Waals surface area (Å²) in [6.07, 6.45) is 5.26. The molecule has 5 nitrogen and oxygen atoms in total. The third kappa shape index (κ3) is 1.37. The van der Waals surface area contributed by atoms with E-state index in [1.807, 2.05) is 18.2 Å². The van der Waals surface area contributed by atoms with Crippen LogP contribution in [-0.2, 0) is 9.59 Å². The molecule has 1 N–H and O–H groups in total. The summed E-state index contributed by atoms with van der Waals surface area (Å²) in [4.78, 5) is 27.6. The third-order valence-electron chi connectivity index (χ3n) is 6.83. The van der Waals surface area contributed by atoms with E-state index in [4.69, 9.17) is 0 Å². The second-order valence-electron chi connectivity index (χ2n) is 7.67. The maximum atomic E-state index is 13.1. The van der Waals surface area contributed by atoms with Crippen molar-refractivity contribution in [3.8, 4) is 0 Å². The molecule has 2 heterocycles. The molecule has 0 spiro atoms. The van der Waals surface area contributed by atoms with Gasteiger partial charge in [-0.3, -0.25) is 19.6 Å². The third-order valence-corrected chi connectivity index (χ3v) is 6.83. The number of rotatable bonds is 1. The van der Waals surface area contributed by atoms with Crippen molar-refractivity contribution in [2.75, 3.05) is 4.90 Å². The normalized spacial score (nSPS) is 40.6. The van der Waals surface area contributed by atoms with E-state index in [0.717, 1.165) is 35.6 Å². The average Bonchev–Trinajstić information content (AvgIpc) is 3.20. The van der Waals surface area contributed by atoms with Crippen LogP contribution < -0.4 is 4.90 Å². The minimum absolute atomic E-state index is 0.0443. The zero-order valence-corrected chi connectivity index (χ0v) is 12.6. The summed E-state index contributed by atoms with van der Waals surface area (Å²) in [7, 11) is 0. The summed E-state index contributed by atoms with van der Waals surface area (Å²) in [5.74, 6) is 2.34. The molecular formula is C18H17N3O2. The Labute approximate surface area is 133 Å². The molecule has 7 rings (SSSR count). The SMILES string of the molecule is O=C1C2C3CCC(C4CC43)C2C(=O)N1c1ccc2[nH]ncc2c1. The smallest absolute Gasteiger partial charge is 0.237 e. The summed E-state index contributed by atoms with van der Waals surface area (Å²) in [5.41, 5.74) is 1.63. The first kappa shape index (κ1) is 12.3. The number of nitrogens with one attached hydrogen (secondary N) is 1. The summed E-state index contributed by atoms with van der Waals surface area (Å²) in [6.45, 7) is 0. The Bertz CT molecular complexity index is 838. The van der Waals surface area contributed by atoms with Gasteiger partial charge in [-0.2, -0.15) is 5.10 Å². The number of nitrogens with zero attached hydrogens (tertiary/aromatic N) is 2. The topological polar surface area (TPSA) is 66.1 Å². The van der Waals surface area contributed by atoms with Crippen molar-refractivity contribution in [2.24, 2.45) is 35.5 Å². The first-order valence-corrected chi connectivity index (χ1v) is 8.55. The lowest BCUT2D eigenvalue weighted by molar-refractivity contribution is -0.129. The number of amides is 2. The quantitative estimate of drug-likeness (QED) is 0.822. The molecule has 5 fully saturated rings. The number of hydrogen-bond acceptors (Lipinski definition) is 3. The van der Waals surface area contributed by atoms with Crippen LogP contribution >= 0.6 is 0 Å². The number of anilines is 1. The fourth-order valence-corrected chi connectivity index (χ4v) is 5.86. The number of benzene rings is 1. The molecule has 2 aromatic rings. The minimum atomic E-state index is -0.0509. The Morgan fingerprint density at radius 1 is 1.00 bits per heavy atom. The summed E-state index contributed by atoms with van der Waals surface area (Å²) in [6, 6.07) is 5.65. The van der Waals surface area contributed by atoms with Crippen LogP contribution in [0.4, 0.5) is 5.69 Å². The Morgan fingerprint density at radius 2 is 1.70 bits per heavy atom. The first-order valence-electron chi connectivity index (χ1n) is 8.55. The van der Waals surface area contributed by atoms with Crippen molar-refractivity contribution in [2.45, 2.75) is 19.3 Å². The molecule has 6 unspecified atom stereocenters. The van der Waals surface area contributed by atoms with Gasteiger partial charge in [-0.15, -0.1) is 0 Å². The lowest BCUT2D eigenvalue weighted by Crippen LogP contribution is -2.43. The molecule has 23 heavy (non-hydrogen) atoms. The van der Waals surface area contributed by atoms with Gasteiger partial charge < -0.3 is 0 Å². The minimum Gasteiger partial charge on any atom is -0.278 e. The van der Waals surface area contributed by atoms with E-state index < -0.39 is 0 Å². The number of hydrogen-bond donors (Lipinski definition) is 1. The Morgan fingerprint density at radius 3 is 2.39 bits per heavy atom. The van der Waals surface area contributed by atoms with Crippen molar-refractivity contribution in [3.05, 3.63) is 24.4 Å². The lowest BCUT2D eigenvalue weighted by atomic mass is 9.59. The number of imide groups is 1. The van der Waals surface area contributed by atoms with Crippen LogP contribution in [0.25, 0.3) is 10.9 Å². The van der Waals surface area contributed by atoms with Crippen LogP contribution in [0, 0.1) is 35.5 Å². The first-order chi connectivity index (χ1) is 11.2. The summed E-state index contributed by atoms with van der Waals surface area (Å²) >= 11 is 0. The van der Waals surface area contributed by atoms with Gasteiger partial charge in [-0.25, -0.2) is 0 Å². The van der Waals surface area contributed by atoms with Crippen LogP contribution in [0.1, 0.15) is 19.3 Å². The highest BCUT2D eigenvalue weighted by atomic mass is 16.2. The highest BCUT2D eigenvalue weighted by Crippen LogP contribution is 2.68. The van der Waals surface area contributed by atoms with E-state index in [-0.39, 0.29) is 23.7 Å². The van der Waals surface area contributed by atoms with Gasteiger partial charge >= 0.3 is 0 Å². The van der Waals surface area contributed by atoms with Gasteiger partial charge in [0.15, 0.2) is 0 Å². The molecule has 1 saturated heterocycles. The second-order valence-corrected chi connectivity index (χ2v) is 7.67. The maximum absolute atomic E-state index is 13.1. The van der Waals surface area contributed by atoms with E-state index >= 15 is 0 Å². The zero-order valence-electron chi connectivity index (χ0n) is 12.6. The lowest BCUT2D eigenvalue weighted by Gasteiger charge is -2.42. The van der Waals surface area contributed by atoms with E-state index in [9.17, 15) is 9.59 Å². The van der Waals surface area contributed by atoms with Crippen LogP contribution in [0.15, 0.2) is 24.4 Å². The van der Waals surface area contributed by atoms with Crippen LogP contribution in [-0.4, -0.2) is 22.0 Å². The fraction of sp³-hybridized carbons (Fsp3) is 0.500. The van der Waals surface area contributed by atoms with Gasteiger partial charge in [0.1, 0.15) is 0 Å². The number of aromatic amines is 1. The number of H-pyrrole nitrogens is 1. The monoisotopic (exact) mass is 307 g/mol. The number of fused-ring (bicyclic) bond motifs is 2. The van der Waals surface area contributed by atoms with Gasteiger partial charge in [0, 0.05) is 5.39 Å². The second kappa shape index (κ2) is 3.83. The van der Waals surface area contributed by atoms with Crippen molar-refractivity contribution >= 4 is 28.4 Å². The van der Waals surface area contributed by atoms with Gasteiger partial charge in [0.2, 0.25) is 11.8 Å². The van der Waals surface area contributed by atoms with Gasteiger partial charge in [0.05, 0.1) is 29.2 Å². The zero-order chi connectivity index (χ0) is 15.3. The van der Waals surface area contributed by atoms with Crippen molar-refractivity contribution in [1.82, 2.24) is 10.2 Å². The van der Waals surface area contributed by atoms with E-state index in [1.165, 1.54) is 11.3 Å². The van der Waals surface area contributed by atoms with Crippen LogP contribution in [0.3, 0.4) is 0 Å². The molecule has 2 bridgehead atoms. The van der Waals surface area contributed by atoms with Gasteiger partial charge in [-0.05, 0) is 61.1 Å².